The van der Waals surface area contributed by atoms with E-state index in [0.717, 1.165) is 0 Å². The fraction of sp³-hybridized carbons (Fsp3) is 0.200. The maximum absolute atomic E-state index is 11.8. The van der Waals surface area contributed by atoms with Crippen LogP contribution in [0.1, 0.15) is 6.92 Å². The van der Waals surface area contributed by atoms with Crippen molar-refractivity contribution in [3.8, 4) is 0 Å². The molecule has 1 rings (SSSR count). The molecule has 0 radical (unpaired) electrons. The predicted octanol–water partition coefficient (Wildman–Crippen LogP) is 0.165. The van der Waals surface area contributed by atoms with Crippen LogP contribution < -0.4 is 11.1 Å². The van der Waals surface area contributed by atoms with Crippen LogP contribution in [0.4, 0.5) is 5.69 Å². The zero-order valence-corrected chi connectivity index (χ0v) is 10.4. The van der Waals surface area contributed by atoms with Gasteiger partial charge in [0.05, 0.1) is 4.90 Å². The summed E-state index contributed by atoms with van der Waals surface area (Å²) >= 11 is 0. The Kier molecular flexibility index (Phi) is 4.27. The third-order valence-corrected chi connectivity index (χ3v) is 3.67. The first-order chi connectivity index (χ1) is 8.35. The van der Waals surface area contributed by atoms with Crippen LogP contribution >= 0.6 is 0 Å². The van der Waals surface area contributed by atoms with Gasteiger partial charge in [-0.2, -0.15) is 0 Å². The van der Waals surface area contributed by atoms with E-state index in [4.69, 9.17) is 10.9 Å². The number of nitrogens with two attached hydrogens (primary N) is 1. The molecule has 0 unspecified atom stereocenters. The molecule has 7 nitrogen and oxygen atoms in total. The van der Waals surface area contributed by atoms with E-state index in [-0.39, 0.29) is 16.6 Å². The lowest BCUT2D eigenvalue weighted by molar-refractivity contribution is -0.114. The van der Waals surface area contributed by atoms with E-state index in [2.05, 4.69) is 10.5 Å². The van der Waals surface area contributed by atoms with Gasteiger partial charge in [0.2, 0.25) is 5.91 Å². The number of sulfone groups is 1. The smallest absolute Gasteiger partial charge is 0.221 e. The summed E-state index contributed by atoms with van der Waals surface area (Å²) in [5.74, 6) is -1.20. The summed E-state index contributed by atoms with van der Waals surface area (Å²) in [6.07, 6.45) is 0. The van der Waals surface area contributed by atoms with Gasteiger partial charge < -0.3 is 16.3 Å². The number of carbonyl (C=O) groups is 1. The van der Waals surface area contributed by atoms with Crippen molar-refractivity contribution in [3.63, 3.8) is 0 Å². The van der Waals surface area contributed by atoms with Crippen LogP contribution in [0.5, 0.6) is 0 Å². The molecule has 0 saturated carbocycles. The van der Waals surface area contributed by atoms with Crippen molar-refractivity contribution in [2.75, 3.05) is 11.1 Å². The van der Waals surface area contributed by atoms with Gasteiger partial charge >= 0.3 is 0 Å². The molecule has 0 aliphatic heterocycles. The van der Waals surface area contributed by atoms with Crippen LogP contribution in [0.3, 0.4) is 0 Å². The molecule has 1 aromatic rings. The molecule has 0 aliphatic carbocycles. The number of carbonyl (C=O) groups excluding carboxylic acids is 1. The Hall–Kier alpha value is -2.09. The van der Waals surface area contributed by atoms with Gasteiger partial charge in [0.25, 0.3) is 0 Å². The molecule has 0 fully saturated rings. The second-order valence-electron chi connectivity index (χ2n) is 3.56. The number of benzene rings is 1. The Balaban J connectivity index is 2.94. The highest BCUT2D eigenvalue weighted by atomic mass is 32.2. The first-order valence-electron chi connectivity index (χ1n) is 4.92. The Labute approximate surface area is 104 Å². The number of oxime groups is 1. The van der Waals surface area contributed by atoms with Gasteiger partial charge in [-0.25, -0.2) is 8.42 Å². The number of amidine groups is 1. The van der Waals surface area contributed by atoms with Gasteiger partial charge in [-0.1, -0.05) is 5.16 Å². The zero-order valence-electron chi connectivity index (χ0n) is 9.62. The molecule has 18 heavy (non-hydrogen) atoms. The third kappa shape index (κ3) is 3.74. The maximum Gasteiger partial charge on any atom is 0.221 e. The number of hydrogen-bond donors (Lipinski definition) is 3. The van der Waals surface area contributed by atoms with Gasteiger partial charge in [0, 0.05) is 12.6 Å². The predicted molar refractivity (Wildman–Crippen MR) is 66.2 cm³/mol. The number of amides is 1. The minimum atomic E-state index is -3.65. The minimum absolute atomic E-state index is 0.0307. The average molecular weight is 271 g/mol. The lowest BCUT2D eigenvalue weighted by atomic mass is 10.3. The van der Waals surface area contributed by atoms with E-state index in [0.29, 0.717) is 5.69 Å². The fourth-order valence-electron chi connectivity index (χ4n) is 1.26. The molecular weight excluding hydrogens is 258 g/mol. The van der Waals surface area contributed by atoms with Crippen molar-refractivity contribution in [1.82, 2.24) is 0 Å². The van der Waals surface area contributed by atoms with Crippen LogP contribution in [0, 0.1) is 0 Å². The Morgan fingerprint density at radius 1 is 1.39 bits per heavy atom. The van der Waals surface area contributed by atoms with Gasteiger partial charge in [-0.15, -0.1) is 0 Å². The van der Waals surface area contributed by atoms with Crippen LogP contribution in [-0.2, 0) is 14.6 Å². The van der Waals surface area contributed by atoms with Crippen LogP contribution in [0.25, 0.3) is 0 Å². The topological polar surface area (TPSA) is 122 Å². The second-order valence-corrected chi connectivity index (χ2v) is 5.55. The summed E-state index contributed by atoms with van der Waals surface area (Å²) in [5.41, 5.74) is 5.65. The van der Waals surface area contributed by atoms with E-state index >= 15 is 0 Å². The average Bonchev–Trinajstić information content (AvgIpc) is 2.28. The van der Waals surface area contributed by atoms with Crippen molar-refractivity contribution in [2.45, 2.75) is 11.8 Å². The van der Waals surface area contributed by atoms with Crippen LogP contribution in [0.2, 0.25) is 0 Å². The van der Waals surface area contributed by atoms with Crippen LogP contribution in [-0.4, -0.2) is 31.1 Å². The Bertz CT molecular complexity index is 563. The molecule has 0 aliphatic rings. The molecule has 1 amide bonds. The largest absolute Gasteiger partial charge is 0.409 e. The molecule has 0 bridgehead atoms. The molecule has 98 valence electrons. The van der Waals surface area contributed by atoms with E-state index in [1.165, 1.54) is 31.2 Å². The number of anilines is 1. The minimum Gasteiger partial charge on any atom is -0.409 e. The summed E-state index contributed by atoms with van der Waals surface area (Å²) in [6.45, 7) is 1.35. The lowest BCUT2D eigenvalue weighted by Crippen LogP contribution is -2.23. The first-order valence-corrected chi connectivity index (χ1v) is 6.57. The quantitative estimate of drug-likeness (QED) is 0.312. The first kappa shape index (κ1) is 14.0. The van der Waals surface area contributed by atoms with E-state index in [1.54, 1.807) is 0 Å². The molecule has 0 atom stereocenters. The summed E-state index contributed by atoms with van der Waals surface area (Å²) in [4.78, 5) is 10.8. The van der Waals surface area contributed by atoms with E-state index in [9.17, 15) is 13.2 Å². The summed E-state index contributed by atoms with van der Waals surface area (Å²) < 4.78 is 23.6. The second kappa shape index (κ2) is 5.50. The highest BCUT2D eigenvalue weighted by Gasteiger charge is 2.16. The maximum atomic E-state index is 11.8. The fourth-order valence-corrected chi connectivity index (χ4v) is 2.42. The number of nitrogens with zero attached hydrogens (tertiary/aromatic N) is 1. The third-order valence-electron chi connectivity index (χ3n) is 2.00. The van der Waals surface area contributed by atoms with Crippen molar-refractivity contribution in [1.29, 1.82) is 0 Å². The molecule has 1 aromatic carbocycles. The number of nitrogens with one attached hydrogen (secondary N) is 1. The molecule has 0 saturated heterocycles. The SMILES string of the molecule is CC(=O)Nc1ccc(S(=O)(=O)C/C(N)=N/O)cc1. The standard InChI is InChI=1S/C10H13N3O4S/c1-7(14)12-8-2-4-9(5-3-8)18(16,17)6-10(11)13-15/h2-5,15H,6H2,1H3,(H2,11,13)(H,12,14). The Morgan fingerprint density at radius 3 is 2.39 bits per heavy atom. The van der Waals surface area contributed by atoms with Crippen molar-refractivity contribution in [3.05, 3.63) is 24.3 Å². The van der Waals surface area contributed by atoms with Crippen molar-refractivity contribution >= 4 is 27.3 Å². The highest BCUT2D eigenvalue weighted by molar-refractivity contribution is 7.92. The zero-order chi connectivity index (χ0) is 13.8. The molecular formula is C10H13N3O4S. The summed E-state index contributed by atoms with van der Waals surface area (Å²) in [6, 6.07) is 5.59. The van der Waals surface area contributed by atoms with E-state index in [1.807, 2.05) is 0 Å². The Morgan fingerprint density at radius 2 is 1.94 bits per heavy atom. The number of hydrogen-bond acceptors (Lipinski definition) is 5. The van der Waals surface area contributed by atoms with Gasteiger partial charge in [0.1, 0.15) is 5.75 Å². The van der Waals surface area contributed by atoms with E-state index < -0.39 is 15.6 Å². The molecule has 0 aromatic heterocycles. The summed E-state index contributed by atoms with van der Waals surface area (Å²) in [7, 11) is -3.65. The van der Waals surface area contributed by atoms with Gasteiger partial charge in [0.15, 0.2) is 15.7 Å². The van der Waals surface area contributed by atoms with Crippen LogP contribution in [0.15, 0.2) is 34.3 Å². The molecule has 4 N–H and O–H groups in total. The lowest BCUT2D eigenvalue weighted by Gasteiger charge is -2.05. The summed E-state index contributed by atoms with van der Waals surface area (Å²) in [5, 5.41) is 13.5. The molecule has 0 spiro atoms. The molecule has 0 heterocycles. The molecule has 8 heteroatoms. The number of rotatable bonds is 4. The monoisotopic (exact) mass is 271 g/mol. The van der Waals surface area contributed by atoms with Crippen molar-refractivity contribution < 1.29 is 18.4 Å². The van der Waals surface area contributed by atoms with Gasteiger partial charge in [-0.3, -0.25) is 4.79 Å². The normalized spacial score (nSPS) is 12.2. The van der Waals surface area contributed by atoms with Gasteiger partial charge in [-0.05, 0) is 24.3 Å². The van der Waals surface area contributed by atoms with Crippen molar-refractivity contribution in [2.24, 2.45) is 10.9 Å². The highest BCUT2D eigenvalue weighted by Crippen LogP contribution is 2.15.